The quantitative estimate of drug-likeness (QED) is 0.440. The minimum absolute atomic E-state index is 0.243. The van der Waals surface area contributed by atoms with Gasteiger partial charge in [0.25, 0.3) is 5.56 Å². The zero-order valence-corrected chi connectivity index (χ0v) is 19.5. The molecule has 0 saturated heterocycles. The van der Waals surface area contributed by atoms with E-state index >= 15 is 0 Å². The molecular formula is C26H25ClN2O4. The first kappa shape index (κ1) is 22.8. The highest BCUT2D eigenvalue weighted by Crippen LogP contribution is 2.33. The first-order chi connectivity index (χ1) is 16.0. The van der Waals surface area contributed by atoms with Crippen LogP contribution in [0.3, 0.4) is 0 Å². The van der Waals surface area contributed by atoms with Gasteiger partial charge >= 0.3 is 0 Å². The molecule has 0 spiro atoms. The maximum atomic E-state index is 13.1. The molecule has 0 bridgehead atoms. The SMILES string of the molecule is CCOC1(Cl)C=CC(n2nc(-c3ccc(OC)cc3)c(-c3ccc(OC)cc3)cc2=O)=CC1. The summed E-state index contributed by atoms with van der Waals surface area (Å²) in [6, 6.07) is 16.7. The van der Waals surface area contributed by atoms with Crippen molar-refractivity contribution in [3.05, 3.63) is 83.2 Å². The van der Waals surface area contributed by atoms with Crippen molar-refractivity contribution < 1.29 is 14.2 Å². The zero-order valence-electron chi connectivity index (χ0n) is 18.7. The van der Waals surface area contributed by atoms with Crippen LogP contribution in [-0.2, 0) is 4.74 Å². The van der Waals surface area contributed by atoms with Gasteiger partial charge in [-0.15, -0.1) is 0 Å². The van der Waals surface area contributed by atoms with Crippen molar-refractivity contribution in [3.63, 3.8) is 0 Å². The molecule has 170 valence electrons. The van der Waals surface area contributed by atoms with Crippen LogP contribution in [0.5, 0.6) is 11.5 Å². The highest BCUT2D eigenvalue weighted by molar-refractivity contribution is 6.24. The van der Waals surface area contributed by atoms with Gasteiger partial charge in [-0.3, -0.25) is 4.79 Å². The molecule has 0 aliphatic heterocycles. The minimum atomic E-state index is -0.899. The predicted octanol–water partition coefficient (Wildman–Crippen LogP) is 5.37. The van der Waals surface area contributed by atoms with E-state index in [0.29, 0.717) is 24.4 Å². The number of halogens is 1. The first-order valence-corrected chi connectivity index (χ1v) is 11.0. The number of allylic oxidation sites excluding steroid dienone is 2. The molecule has 1 aliphatic carbocycles. The summed E-state index contributed by atoms with van der Waals surface area (Å²) in [6.45, 7) is 2.38. The Labute approximate surface area is 197 Å². The first-order valence-electron chi connectivity index (χ1n) is 10.6. The molecule has 1 heterocycles. The number of nitrogens with zero attached hydrogens (tertiary/aromatic N) is 2. The number of rotatable bonds is 7. The van der Waals surface area contributed by atoms with E-state index in [2.05, 4.69) is 0 Å². The van der Waals surface area contributed by atoms with Crippen LogP contribution in [0.2, 0.25) is 0 Å². The Hall–Kier alpha value is -3.35. The zero-order chi connectivity index (χ0) is 23.4. The average Bonchev–Trinajstić information content (AvgIpc) is 2.85. The van der Waals surface area contributed by atoms with Crippen LogP contribution in [0.1, 0.15) is 13.3 Å². The monoisotopic (exact) mass is 464 g/mol. The van der Waals surface area contributed by atoms with E-state index < -0.39 is 5.06 Å². The summed E-state index contributed by atoms with van der Waals surface area (Å²) in [5, 5.41) is 3.86. The van der Waals surface area contributed by atoms with E-state index in [1.54, 1.807) is 32.4 Å². The molecule has 0 amide bonds. The number of hydrogen-bond donors (Lipinski definition) is 0. The van der Waals surface area contributed by atoms with Crippen molar-refractivity contribution >= 4 is 17.3 Å². The number of methoxy groups -OCH3 is 2. The van der Waals surface area contributed by atoms with Gasteiger partial charge < -0.3 is 14.2 Å². The molecule has 0 N–H and O–H groups in total. The molecule has 33 heavy (non-hydrogen) atoms. The van der Waals surface area contributed by atoms with Gasteiger partial charge in [-0.05, 0) is 61.0 Å². The second kappa shape index (κ2) is 9.65. The van der Waals surface area contributed by atoms with Crippen molar-refractivity contribution in [2.75, 3.05) is 20.8 Å². The summed E-state index contributed by atoms with van der Waals surface area (Å²) < 4.78 is 17.6. The highest BCUT2D eigenvalue weighted by atomic mass is 35.5. The summed E-state index contributed by atoms with van der Waals surface area (Å²) in [6.07, 6.45) is 5.82. The fourth-order valence-electron chi connectivity index (χ4n) is 3.69. The fourth-order valence-corrected chi connectivity index (χ4v) is 3.94. The summed E-state index contributed by atoms with van der Waals surface area (Å²) in [4.78, 5) is 13.1. The van der Waals surface area contributed by atoms with E-state index in [0.717, 1.165) is 28.2 Å². The maximum absolute atomic E-state index is 13.1. The Morgan fingerprint density at radius 3 is 2.12 bits per heavy atom. The van der Waals surface area contributed by atoms with Gasteiger partial charge in [0.2, 0.25) is 0 Å². The molecule has 7 heteroatoms. The molecule has 0 saturated carbocycles. The lowest BCUT2D eigenvalue weighted by atomic mass is 9.99. The third-order valence-electron chi connectivity index (χ3n) is 5.42. The van der Waals surface area contributed by atoms with E-state index in [4.69, 9.17) is 30.9 Å². The molecule has 1 atom stereocenters. The van der Waals surface area contributed by atoms with Crippen molar-refractivity contribution in [2.24, 2.45) is 0 Å². The van der Waals surface area contributed by atoms with Crippen LogP contribution in [-0.4, -0.2) is 35.7 Å². The van der Waals surface area contributed by atoms with Crippen LogP contribution < -0.4 is 15.0 Å². The third-order valence-corrected chi connectivity index (χ3v) is 5.81. The van der Waals surface area contributed by atoms with Crippen LogP contribution in [0.15, 0.2) is 77.6 Å². The number of aromatic nitrogens is 2. The van der Waals surface area contributed by atoms with Crippen LogP contribution in [0, 0.1) is 0 Å². The molecule has 0 radical (unpaired) electrons. The van der Waals surface area contributed by atoms with Crippen LogP contribution in [0.25, 0.3) is 28.1 Å². The second-order valence-electron chi connectivity index (χ2n) is 7.50. The van der Waals surface area contributed by atoms with Crippen molar-refractivity contribution in [1.29, 1.82) is 0 Å². The summed E-state index contributed by atoms with van der Waals surface area (Å²) in [7, 11) is 3.24. The number of hydrogen-bond acceptors (Lipinski definition) is 5. The lowest BCUT2D eigenvalue weighted by molar-refractivity contribution is 0.0651. The predicted molar refractivity (Wildman–Crippen MR) is 131 cm³/mol. The maximum Gasteiger partial charge on any atom is 0.272 e. The van der Waals surface area contributed by atoms with Gasteiger partial charge in [-0.2, -0.15) is 9.78 Å². The molecular weight excluding hydrogens is 440 g/mol. The Bertz CT molecular complexity index is 1250. The lowest BCUT2D eigenvalue weighted by Gasteiger charge is -2.25. The van der Waals surface area contributed by atoms with Gasteiger partial charge in [0.1, 0.15) is 11.5 Å². The number of benzene rings is 2. The second-order valence-corrected chi connectivity index (χ2v) is 8.14. The van der Waals surface area contributed by atoms with Gasteiger partial charge in [-0.25, -0.2) is 0 Å². The van der Waals surface area contributed by atoms with Crippen LogP contribution in [0.4, 0.5) is 0 Å². The number of alkyl halides is 1. The molecule has 6 nitrogen and oxygen atoms in total. The molecule has 1 aromatic heterocycles. The van der Waals surface area contributed by atoms with Crippen molar-refractivity contribution in [2.45, 2.75) is 18.4 Å². The third kappa shape index (κ3) is 4.87. The van der Waals surface area contributed by atoms with Crippen molar-refractivity contribution in [1.82, 2.24) is 9.78 Å². The van der Waals surface area contributed by atoms with E-state index in [-0.39, 0.29) is 5.56 Å². The topological polar surface area (TPSA) is 62.6 Å². The Morgan fingerprint density at radius 1 is 1.00 bits per heavy atom. The van der Waals surface area contributed by atoms with Crippen LogP contribution >= 0.6 is 11.6 Å². The molecule has 0 fully saturated rings. The summed E-state index contributed by atoms with van der Waals surface area (Å²) >= 11 is 6.47. The molecule has 1 unspecified atom stereocenters. The van der Waals surface area contributed by atoms with E-state index in [1.807, 2.05) is 61.5 Å². The smallest absolute Gasteiger partial charge is 0.272 e. The standard InChI is InChI=1S/C26H25ClN2O4/c1-4-33-26(27)15-13-20(14-16-26)29-24(30)17-23(18-5-9-21(31-2)10-6-18)25(28-29)19-7-11-22(32-3)12-8-19/h5-15,17H,4,16H2,1-3H3. The molecule has 2 aromatic carbocycles. The molecule has 1 aliphatic rings. The average molecular weight is 465 g/mol. The lowest BCUT2D eigenvalue weighted by Crippen LogP contribution is -2.27. The molecule has 4 rings (SSSR count). The Morgan fingerprint density at radius 2 is 1.61 bits per heavy atom. The highest BCUT2D eigenvalue weighted by Gasteiger charge is 2.26. The fraction of sp³-hybridized carbons (Fsp3) is 0.231. The van der Waals surface area contributed by atoms with E-state index in [1.165, 1.54) is 4.68 Å². The van der Waals surface area contributed by atoms with Gasteiger partial charge in [-0.1, -0.05) is 29.8 Å². The minimum Gasteiger partial charge on any atom is -0.497 e. The largest absolute Gasteiger partial charge is 0.497 e. The number of ether oxygens (including phenoxy) is 3. The normalized spacial score (nSPS) is 17.5. The summed E-state index contributed by atoms with van der Waals surface area (Å²) in [5.41, 5.74) is 3.52. The Kier molecular flexibility index (Phi) is 6.67. The van der Waals surface area contributed by atoms with Gasteiger partial charge in [0.05, 0.1) is 25.6 Å². The van der Waals surface area contributed by atoms with E-state index in [9.17, 15) is 4.79 Å². The summed E-state index contributed by atoms with van der Waals surface area (Å²) in [5.74, 6) is 1.48. The van der Waals surface area contributed by atoms with Crippen molar-refractivity contribution in [3.8, 4) is 33.9 Å². The Balaban J connectivity index is 1.83. The molecule has 3 aromatic rings. The van der Waals surface area contributed by atoms with Gasteiger partial charge in [0.15, 0.2) is 5.06 Å². The van der Waals surface area contributed by atoms with Gasteiger partial charge in [0, 0.05) is 30.2 Å².